The van der Waals surface area contributed by atoms with Gasteiger partial charge in [0.05, 0.1) is 23.8 Å². The standard InChI is InChI=1S/C26H30BN5O4/c1-27(33)30-26(12-3-13-26)20-6-8-21(9-7-20)28-25-24(32(34)35)11-10-23(29-25)19-4-2-5-22(18-19)31-14-16-36-17-15-31/h2,4-11,18,30,33H,3,12-17H2,1H3,(H,28,29). The van der Waals surface area contributed by atoms with Crippen molar-refractivity contribution < 1.29 is 14.7 Å². The van der Waals surface area contributed by atoms with Crippen LogP contribution in [0.2, 0.25) is 6.82 Å². The first-order valence-corrected chi connectivity index (χ1v) is 12.4. The molecular weight excluding hydrogens is 457 g/mol. The zero-order valence-corrected chi connectivity index (χ0v) is 20.3. The number of rotatable bonds is 8. The van der Waals surface area contributed by atoms with Gasteiger partial charge in [0.25, 0.3) is 0 Å². The van der Waals surface area contributed by atoms with Gasteiger partial charge in [-0.25, -0.2) is 4.98 Å². The van der Waals surface area contributed by atoms with Crippen LogP contribution in [-0.4, -0.2) is 48.3 Å². The van der Waals surface area contributed by atoms with Crippen LogP contribution in [-0.2, 0) is 10.3 Å². The summed E-state index contributed by atoms with van der Waals surface area (Å²) in [4.78, 5) is 18.2. The Hall–Kier alpha value is -3.47. The number of aromatic nitrogens is 1. The second-order valence-electron chi connectivity index (χ2n) is 9.43. The van der Waals surface area contributed by atoms with Crippen molar-refractivity contribution in [1.82, 2.24) is 10.2 Å². The molecule has 1 aromatic heterocycles. The van der Waals surface area contributed by atoms with Crippen LogP contribution >= 0.6 is 0 Å². The molecule has 10 heteroatoms. The lowest BCUT2D eigenvalue weighted by Gasteiger charge is -2.44. The van der Waals surface area contributed by atoms with Crippen molar-refractivity contribution in [2.45, 2.75) is 31.6 Å². The molecule has 2 aliphatic rings. The van der Waals surface area contributed by atoms with Gasteiger partial charge in [0.15, 0.2) is 0 Å². The molecule has 2 fully saturated rings. The van der Waals surface area contributed by atoms with E-state index in [1.807, 2.05) is 36.4 Å². The van der Waals surface area contributed by atoms with E-state index in [2.05, 4.69) is 32.6 Å². The van der Waals surface area contributed by atoms with Crippen molar-refractivity contribution in [1.29, 1.82) is 0 Å². The topological polar surface area (TPSA) is 113 Å². The van der Waals surface area contributed by atoms with Gasteiger partial charge in [0, 0.05) is 41.6 Å². The Morgan fingerprint density at radius 3 is 2.50 bits per heavy atom. The highest BCUT2D eigenvalue weighted by Gasteiger charge is 2.39. The number of hydrogen-bond acceptors (Lipinski definition) is 8. The molecule has 0 bridgehead atoms. The van der Waals surface area contributed by atoms with Crippen molar-refractivity contribution in [3.05, 3.63) is 76.3 Å². The molecule has 1 saturated heterocycles. The molecule has 1 saturated carbocycles. The lowest BCUT2D eigenvalue weighted by Crippen LogP contribution is -2.53. The number of ether oxygens (including phenoxy) is 1. The number of benzene rings is 2. The summed E-state index contributed by atoms with van der Waals surface area (Å²) in [7, 11) is -0.598. The number of nitro groups is 1. The van der Waals surface area contributed by atoms with Gasteiger partial charge in [-0.15, -0.1) is 0 Å². The lowest BCUT2D eigenvalue weighted by atomic mass is 9.67. The first-order valence-electron chi connectivity index (χ1n) is 12.4. The third-order valence-corrected chi connectivity index (χ3v) is 6.98. The fraction of sp³-hybridized carbons (Fsp3) is 0.346. The van der Waals surface area contributed by atoms with Crippen molar-refractivity contribution in [3.8, 4) is 11.3 Å². The molecule has 0 amide bonds. The molecular formula is C26H30BN5O4. The van der Waals surface area contributed by atoms with Gasteiger partial charge >= 0.3 is 12.7 Å². The van der Waals surface area contributed by atoms with Gasteiger partial charge in [-0.2, -0.15) is 0 Å². The van der Waals surface area contributed by atoms with Crippen molar-refractivity contribution in [2.75, 3.05) is 36.5 Å². The Bertz CT molecular complexity index is 1230. The fourth-order valence-corrected chi connectivity index (χ4v) is 4.99. The Morgan fingerprint density at radius 1 is 1.11 bits per heavy atom. The van der Waals surface area contributed by atoms with Crippen LogP contribution in [0.5, 0.6) is 0 Å². The average molecular weight is 487 g/mol. The fourth-order valence-electron chi connectivity index (χ4n) is 4.99. The number of anilines is 3. The van der Waals surface area contributed by atoms with E-state index < -0.39 is 12.0 Å². The van der Waals surface area contributed by atoms with Gasteiger partial charge in [-0.1, -0.05) is 24.3 Å². The summed E-state index contributed by atoms with van der Waals surface area (Å²) in [5.41, 5.74) is 4.13. The summed E-state index contributed by atoms with van der Waals surface area (Å²) < 4.78 is 5.46. The summed E-state index contributed by atoms with van der Waals surface area (Å²) in [6.07, 6.45) is 3.03. The number of morpholine rings is 1. The van der Waals surface area contributed by atoms with Crippen LogP contribution in [0.4, 0.5) is 22.9 Å². The highest BCUT2D eigenvalue weighted by atomic mass is 16.6. The van der Waals surface area contributed by atoms with Crippen molar-refractivity contribution in [3.63, 3.8) is 0 Å². The maximum atomic E-state index is 11.7. The van der Waals surface area contributed by atoms with Crippen LogP contribution in [0.25, 0.3) is 11.3 Å². The van der Waals surface area contributed by atoms with Crippen LogP contribution < -0.4 is 15.4 Å². The highest BCUT2D eigenvalue weighted by Crippen LogP contribution is 2.42. The highest BCUT2D eigenvalue weighted by molar-refractivity contribution is 6.45. The van der Waals surface area contributed by atoms with E-state index in [1.165, 1.54) is 6.07 Å². The van der Waals surface area contributed by atoms with E-state index in [1.54, 1.807) is 12.9 Å². The zero-order chi connectivity index (χ0) is 25.1. The minimum absolute atomic E-state index is 0.0848. The largest absolute Gasteiger partial charge is 0.437 e. The second-order valence-corrected chi connectivity index (χ2v) is 9.43. The molecule has 5 rings (SSSR count). The Kier molecular flexibility index (Phi) is 6.91. The molecule has 0 unspecified atom stereocenters. The molecule has 0 radical (unpaired) electrons. The van der Waals surface area contributed by atoms with Gasteiger partial charge in [-0.3, -0.25) is 10.1 Å². The van der Waals surface area contributed by atoms with Gasteiger partial charge < -0.3 is 25.2 Å². The van der Waals surface area contributed by atoms with Crippen LogP contribution in [0.15, 0.2) is 60.7 Å². The number of nitrogens with one attached hydrogen (secondary N) is 2. The maximum absolute atomic E-state index is 11.7. The predicted molar refractivity (Wildman–Crippen MR) is 142 cm³/mol. The third-order valence-electron chi connectivity index (χ3n) is 6.98. The predicted octanol–water partition coefficient (Wildman–Crippen LogP) is 4.32. The molecule has 3 N–H and O–H groups in total. The number of hydrogen-bond donors (Lipinski definition) is 3. The molecule has 9 nitrogen and oxygen atoms in total. The molecule has 3 aromatic rings. The molecule has 2 heterocycles. The molecule has 2 aromatic carbocycles. The summed E-state index contributed by atoms with van der Waals surface area (Å²) in [6.45, 7) is 4.78. The molecule has 1 aliphatic carbocycles. The molecule has 36 heavy (non-hydrogen) atoms. The van der Waals surface area contributed by atoms with E-state index in [0.29, 0.717) is 24.6 Å². The third kappa shape index (κ3) is 5.06. The van der Waals surface area contributed by atoms with E-state index in [9.17, 15) is 15.1 Å². The quantitative estimate of drug-likeness (QED) is 0.245. The summed E-state index contributed by atoms with van der Waals surface area (Å²) in [6, 6.07) is 19.0. The first kappa shape index (κ1) is 24.2. The SMILES string of the molecule is CB(O)NC1(c2ccc(Nc3nc(-c4cccc(N5CCOCC5)c4)ccc3[N+](=O)[O-])cc2)CCC1. The normalized spacial score (nSPS) is 16.8. The zero-order valence-electron chi connectivity index (χ0n) is 20.3. The Morgan fingerprint density at radius 2 is 1.86 bits per heavy atom. The smallest absolute Gasteiger partial charge is 0.374 e. The van der Waals surface area contributed by atoms with Crippen LogP contribution in [0, 0.1) is 10.1 Å². The molecule has 186 valence electrons. The molecule has 0 atom stereocenters. The summed E-state index contributed by atoms with van der Waals surface area (Å²) in [5.74, 6) is 0.197. The van der Waals surface area contributed by atoms with Crippen LogP contribution in [0.1, 0.15) is 24.8 Å². The van der Waals surface area contributed by atoms with E-state index in [-0.39, 0.29) is 17.0 Å². The summed E-state index contributed by atoms with van der Waals surface area (Å²) >= 11 is 0. The second kappa shape index (κ2) is 10.3. The minimum atomic E-state index is -0.598. The van der Waals surface area contributed by atoms with E-state index in [0.717, 1.165) is 49.2 Å². The Labute approximate surface area is 210 Å². The summed E-state index contributed by atoms with van der Waals surface area (Å²) in [5, 5.41) is 28.0. The molecule has 0 spiro atoms. The van der Waals surface area contributed by atoms with E-state index in [4.69, 9.17) is 4.74 Å². The van der Waals surface area contributed by atoms with Gasteiger partial charge in [0.2, 0.25) is 5.82 Å². The number of pyridine rings is 1. The van der Waals surface area contributed by atoms with Crippen molar-refractivity contribution >= 4 is 29.9 Å². The van der Waals surface area contributed by atoms with Crippen molar-refractivity contribution in [2.24, 2.45) is 0 Å². The number of nitrogens with zero attached hydrogens (tertiary/aromatic N) is 3. The first-order chi connectivity index (χ1) is 17.4. The minimum Gasteiger partial charge on any atom is -0.437 e. The maximum Gasteiger partial charge on any atom is 0.374 e. The Balaban J connectivity index is 1.40. The van der Waals surface area contributed by atoms with Crippen LogP contribution in [0.3, 0.4) is 0 Å². The van der Waals surface area contributed by atoms with E-state index >= 15 is 0 Å². The van der Waals surface area contributed by atoms with Gasteiger partial charge in [0.1, 0.15) is 0 Å². The monoisotopic (exact) mass is 487 g/mol. The lowest BCUT2D eigenvalue weighted by molar-refractivity contribution is -0.384. The average Bonchev–Trinajstić information content (AvgIpc) is 2.87. The van der Waals surface area contributed by atoms with Gasteiger partial charge in [-0.05, 0) is 62.0 Å². The molecule has 1 aliphatic heterocycles.